The van der Waals surface area contributed by atoms with Gasteiger partial charge in [-0.05, 0) is 37.8 Å². The molecule has 0 spiro atoms. The van der Waals surface area contributed by atoms with Crippen LogP contribution in [-0.4, -0.2) is 33.9 Å². The van der Waals surface area contributed by atoms with Gasteiger partial charge in [0.1, 0.15) is 5.82 Å². The Morgan fingerprint density at radius 2 is 2.18 bits per heavy atom. The monoisotopic (exact) mass is 297 g/mol. The number of aromatic amines is 1. The molecule has 1 fully saturated rings. The summed E-state index contributed by atoms with van der Waals surface area (Å²) in [5.41, 5.74) is 3.40. The number of aryl methyl sites for hydroxylation is 2. The fraction of sp³-hybridized carbons (Fsp3) is 0.444. The molecule has 4 heteroatoms. The Labute approximate surface area is 131 Å². The number of carbonyl (C=O) groups is 1. The van der Waals surface area contributed by atoms with Crippen LogP contribution >= 0.6 is 0 Å². The van der Waals surface area contributed by atoms with E-state index in [4.69, 9.17) is 0 Å². The average Bonchev–Trinajstić information content (AvgIpc) is 2.96. The zero-order valence-corrected chi connectivity index (χ0v) is 13.3. The van der Waals surface area contributed by atoms with Gasteiger partial charge in [0.25, 0.3) is 0 Å². The number of hydrogen-bond donors (Lipinski definition) is 1. The molecule has 2 aromatic rings. The van der Waals surface area contributed by atoms with Crippen molar-refractivity contribution < 1.29 is 4.79 Å². The Morgan fingerprint density at radius 3 is 2.91 bits per heavy atom. The third-order valence-electron chi connectivity index (χ3n) is 4.49. The van der Waals surface area contributed by atoms with Gasteiger partial charge in [0.05, 0.1) is 6.42 Å². The van der Waals surface area contributed by atoms with E-state index in [0.717, 1.165) is 43.0 Å². The first-order valence-corrected chi connectivity index (χ1v) is 7.97. The van der Waals surface area contributed by atoms with Gasteiger partial charge in [-0.15, -0.1) is 0 Å². The summed E-state index contributed by atoms with van der Waals surface area (Å²) >= 11 is 0. The standard InChI is InChI=1S/C18H23N3O/c1-13-6-3-4-7-15(13)10-17(22)21-9-5-8-16(12-21)18-19-11-14(2)20-18/h3-4,6-7,11,16H,5,8-10,12H2,1-2H3,(H,19,20)/t16-/m0/s1. The molecule has 0 aliphatic carbocycles. The lowest BCUT2D eigenvalue weighted by Crippen LogP contribution is -2.40. The summed E-state index contributed by atoms with van der Waals surface area (Å²) in [6, 6.07) is 8.12. The highest BCUT2D eigenvalue weighted by molar-refractivity contribution is 5.79. The van der Waals surface area contributed by atoms with Crippen molar-refractivity contribution in [3.05, 3.63) is 53.1 Å². The van der Waals surface area contributed by atoms with E-state index in [0.29, 0.717) is 12.3 Å². The third-order valence-corrected chi connectivity index (χ3v) is 4.49. The molecule has 1 N–H and O–H groups in total. The topological polar surface area (TPSA) is 49.0 Å². The van der Waals surface area contributed by atoms with Crippen LogP contribution in [0.1, 0.15) is 41.4 Å². The van der Waals surface area contributed by atoms with E-state index in [1.165, 1.54) is 5.56 Å². The molecule has 0 saturated carbocycles. The number of imidazole rings is 1. The van der Waals surface area contributed by atoms with E-state index < -0.39 is 0 Å². The molecule has 0 radical (unpaired) electrons. The van der Waals surface area contributed by atoms with Gasteiger partial charge in [-0.2, -0.15) is 0 Å². The zero-order valence-electron chi connectivity index (χ0n) is 13.3. The molecule has 1 aromatic heterocycles. The highest BCUT2D eigenvalue weighted by atomic mass is 16.2. The highest BCUT2D eigenvalue weighted by Crippen LogP contribution is 2.25. The predicted molar refractivity (Wildman–Crippen MR) is 86.8 cm³/mol. The van der Waals surface area contributed by atoms with Gasteiger partial charge in [0.2, 0.25) is 5.91 Å². The Kier molecular flexibility index (Phi) is 4.27. The second-order valence-electron chi connectivity index (χ2n) is 6.23. The first-order chi connectivity index (χ1) is 10.6. The smallest absolute Gasteiger partial charge is 0.227 e. The number of hydrogen-bond acceptors (Lipinski definition) is 2. The molecule has 1 aliphatic rings. The molecule has 4 nitrogen and oxygen atoms in total. The van der Waals surface area contributed by atoms with Crippen molar-refractivity contribution in [3.63, 3.8) is 0 Å². The fourth-order valence-electron chi connectivity index (χ4n) is 3.15. The van der Waals surface area contributed by atoms with Gasteiger partial charge in [-0.25, -0.2) is 4.98 Å². The number of benzene rings is 1. The van der Waals surface area contributed by atoms with Crippen LogP contribution in [0.5, 0.6) is 0 Å². The molecule has 1 saturated heterocycles. The normalized spacial score (nSPS) is 18.5. The van der Waals surface area contributed by atoms with Crippen LogP contribution in [0.25, 0.3) is 0 Å². The lowest BCUT2D eigenvalue weighted by atomic mass is 9.96. The summed E-state index contributed by atoms with van der Waals surface area (Å²) in [7, 11) is 0. The molecule has 2 heterocycles. The van der Waals surface area contributed by atoms with Crippen molar-refractivity contribution in [3.8, 4) is 0 Å². The van der Waals surface area contributed by atoms with E-state index in [1.807, 2.05) is 36.2 Å². The third kappa shape index (κ3) is 3.21. The molecule has 0 unspecified atom stereocenters. The van der Waals surface area contributed by atoms with E-state index in [-0.39, 0.29) is 5.91 Å². The maximum atomic E-state index is 12.6. The lowest BCUT2D eigenvalue weighted by Gasteiger charge is -2.32. The Balaban J connectivity index is 1.66. The molecule has 1 atom stereocenters. The zero-order chi connectivity index (χ0) is 15.5. The second-order valence-corrected chi connectivity index (χ2v) is 6.23. The number of likely N-dealkylation sites (tertiary alicyclic amines) is 1. The molecule has 1 amide bonds. The van der Waals surface area contributed by atoms with Crippen LogP contribution in [0.4, 0.5) is 0 Å². The molecule has 0 bridgehead atoms. The van der Waals surface area contributed by atoms with E-state index >= 15 is 0 Å². The van der Waals surface area contributed by atoms with Crippen LogP contribution in [0.2, 0.25) is 0 Å². The summed E-state index contributed by atoms with van der Waals surface area (Å²) in [4.78, 5) is 22.3. The number of H-pyrrole nitrogens is 1. The van der Waals surface area contributed by atoms with Crippen LogP contribution in [0, 0.1) is 13.8 Å². The molecular formula is C18H23N3O. The van der Waals surface area contributed by atoms with E-state index in [9.17, 15) is 4.79 Å². The Hall–Kier alpha value is -2.10. The number of nitrogens with zero attached hydrogens (tertiary/aromatic N) is 2. The van der Waals surface area contributed by atoms with Crippen molar-refractivity contribution >= 4 is 5.91 Å². The maximum absolute atomic E-state index is 12.6. The molecular weight excluding hydrogens is 274 g/mol. The Morgan fingerprint density at radius 1 is 1.36 bits per heavy atom. The molecule has 116 valence electrons. The molecule has 1 aliphatic heterocycles. The van der Waals surface area contributed by atoms with E-state index in [1.54, 1.807) is 0 Å². The van der Waals surface area contributed by atoms with Gasteiger partial charge in [-0.3, -0.25) is 4.79 Å². The molecule has 3 rings (SSSR count). The van der Waals surface area contributed by atoms with Crippen LogP contribution < -0.4 is 0 Å². The van der Waals surface area contributed by atoms with Crippen LogP contribution in [0.15, 0.2) is 30.5 Å². The Bertz CT molecular complexity index is 662. The number of aromatic nitrogens is 2. The average molecular weight is 297 g/mol. The number of carbonyl (C=O) groups excluding carboxylic acids is 1. The summed E-state index contributed by atoms with van der Waals surface area (Å²) in [5.74, 6) is 1.58. The lowest BCUT2D eigenvalue weighted by molar-refractivity contribution is -0.131. The van der Waals surface area contributed by atoms with Crippen molar-refractivity contribution in [2.24, 2.45) is 0 Å². The summed E-state index contributed by atoms with van der Waals surface area (Å²) < 4.78 is 0. The van der Waals surface area contributed by atoms with Crippen LogP contribution in [0.3, 0.4) is 0 Å². The SMILES string of the molecule is Cc1cnc([C@H]2CCCN(C(=O)Cc3ccccc3C)C2)[nH]1. The summed E-state index contributed by atoms with van der Waals surface area (Å²) in [6.07, 6.45) is 4.50. The quantitative estimate of drug-likeness (QED) is 0.947. The number of piperidine rings is 1. The molecule has 1 aromatic carbocycles. The van der Waals surface area contributed by atoms with Gasteiger partial charge >= 0.3 is 0 Å². The maximum Gasteiger partial charge on any atom is 0.227 e. The number of amides is 1. The van der Waals surface area contributed by atoms with Crippen molar-refractivity contribution in [1.82, 2.24) is 14.9 Å². The number of nitrogens with one attached hydrogen (secondary N) is 1. The van der Waals surface area contributed by atoms with E-state index in [2.05, 4.69) is 23.0 Å². The first-order valence-electron chi connectivity index (χ1n) is 7.97. The minimum absolute atomic E-state index is 0.224. The van der Waals surface area contributed by atoms with Gasteiger partial charge < -0.3 is 9.88 Å². The highest BCUT2D eigenvalue weighted by Gasteiger charge is 2.26. The largest absolute Gasteiger partial charge is 0.346 e. The summed E-state index contributed by atoms with van der Waals surface area (Å²) in [6.45, 7) is 5.71. The summed E-state index contributed by atoms with van der Waals surface area (Å²) in [5, 5.41) is 0. The fourth-order valence-corrected chi connectivity index (χ4v) is 3.15. The minimum Gasteiger partial charge on any atom is -0.346 e. The van der Waals surface area contributed by atoms with Crippen molar-refractivity contribution in [2.45, 2.75) is 39.0 Å². The van der Waals surface area contributed by atoms with Crippen molar-refractivity contribution in [2.75, 3.05) is 13.1 Å². The van der Waals surface area contributed by atoms with Gasteiger partial charge in [-0.1, -0.05) is 24.3 Å². The second kappa shape index (κ2) is 6.34. The predicted octanol–water partition coefficient (Wildman–Crippen LogP) is 2.98. The van der Waals surface area contributed by atoms with Gasteiger partial charge in [0, 0.05) is 30.9 Å². The van der Waals surface area contributed by atoms with Crippen molar-refractivity contribution in [1.29, 1.82) is 0 Å². The number of rotatable bonds is 3. The first kappa shape index (κ1) is 14.8. The van der Waals surface area contributed by atoms with Gasteiger partial charge in [0.15, 0.2) is 0 Å². The van der Waals surface area contributed by atoms with Crippen LogP contribution in [-0.2, 0) is 11.2 Å². The molecule has 22 heavy (non-hydrogen) atoms. The minimum atomic E-state index is 0.224.